The average Bonchev–Trinajstić information content (AvgIpc) is 3.20. The van der Waals surface area contributed by atoms with Crippen molar-refractivity contribution in [3.05, 3.63) is 54.1 Å². The number of benzene rings is 2. The number of amides is 2. The predicted octanol–water partition coefficient (Wildman–Crippen LogP) is 1.77. The lowest BCUT2D eigenvalue weighted by Gasteiger charge is -2.36. The van der Waals surface area contributed by atoms with Crippen LogP contribution < -0.4 is 15.1 Å². The number of amidine groups is 1. The first-order chi connectivity index (χ1) is 16.4. The summed E-state index contributed by atoms with van der Waals surface area (Å²) in [6, 6.07) is 15.4. The van der Waals surface area contributed by atoms with E-state index in [0.717, 1.165) is 23.7 Å². The Morgan fingerprint density at radius 2 is 1.76 bits per heavy atom. The minimum atomic E-state index is -3.42. The molecule has 2 aromatic rings. The maximum atomic E-state index is 12.6. The third kappa shape index (κ3) is 4.76. The van der Waals surface area contributed by atoms with Gasteiger partial charge in [0.1, 0.15) is 0 Å². The van der Waals surface area contributed by atoms with Gasteiger partial charge in [-0.3, -0.25) is 9.59 Å². The summed E-state index contributed by atoms with van der Waals surface area (Å²) in [7, 11) is -3.42. The number of hydrogen-bond donors (Lipinski definition) is 1. The average molecular weight is 500 g/mol. The summed E-state index contributed by atoms with van der Waals surface area (Å²) in [5, 5.41) is 3.25. The molecule has 0 spiro atoms. The predicted molar refractivity (Wildman–Crippen MR) is 133 cm³/mol. The molecule has 0 aromatic heterocycles. The lowest BCUT2D eigenvalue weighted by atomic mass is 10.1. The molecule has 0 bridgehead atoms. The number of carbonyl (C=O) groups is 2. The van der Waals surface area contributed by atoms with Crippen molar-refractivity contribution in [1.82, 2.24) is 10.2 Å². The van der Waals surface area contributed by atoms with Crippen LogP contribution in [0.3, 0.4) is 0 Å². The number of hydrogen-bond acceptors (Lipinski definition) is 7. The first kappa shape index (κ1) is 22.7. The summed E-state index contributed by atoms with van der Waals surface area (Å²) < 4.78 is 27.4. The molecule has 3 heterocycles. The van der Waals surface area contributed by atoms with Crippen LogP contribution in [0.5, 0.6) is 0 Å². The molecule has 3 aliphatic rings. The van der Waals surface area contributed by atoms with Crippen LogP contribution in [0, 0.1) is 0 Å². The molecule has 9 nitrogen and oxygen atoms in total. The van der Waals surface area contributed by atoms with Crippen LogP contribution in [0.15, 0.2) is 57.8 Å². The Morgan fingerprint density at radius 3 is 2.53 bits per heavy atom. The minimum absolute atomic E-state index is 0.0198. The molecule has 5 rings (SSSR count). The number of carbonyl (C=O) groups excluding carboxylic acids is 2. The summed E-state index contributed by atoms with van der Waals surface area (Å²) >= 11 is 1.25. The maximum absolute atomic E-state index is 12.6. The van der Waals surface area contributed by atoms with E-state index in [-0.39, 0.29) is 30.5 Å². The zero-order chi connectivity index (χ0) is 23.7. The Balaban J connectivity index is 1.11. The molecule has 0 aliphatic carbocycles. The van der Waals surface area contributed by atoms with Gasteiger partial charge in [0.25, 0.3) is 15.9 Å². The van der Waals surface area contributed by atoms with Crippen molar-refractivity contribution in [2.45, 2.75) is 11.3 Å². The van der Waals surface area contributed by atoms with Crippen molar-refractivity contribution in [3.8, 4) is 0 Å². The Labute approximate surface area is 202 Å². The van der Waals surface area contributed by atoms with Gasteiger partial charge in [-0.25, -0.2) is 8.42 Å². The normalized spacial score (nSPS) is 18.7. The van der Waals surface area contributed by atoms with E-state index in [2.05, 4.69) is 26.7 Å². The van der Waals surface area contributed by atoms with Gasteiger partial charge in [-0.05, 0) is 42.1 Å². The second-order valence-corrected chi connectivity index (χ2v) is 11.1. The highest BCUT2D eigenvalue weighted by atomic mass is 32.2. The van der Waals surface area contributed by atoms with Crippen molar-refractivity contribution in [3.63, 3.8) is 0 Å². The van der Waals surface area contributed by atoms with Gasteiger partial charge < -0.3 is 20.0 Å². The fraction of sp³-hybridized carbons (Fsp3) is 0.348. The quantitative estimate of drug-likeness (QED) is 0.669. The summed E-state index contributed by atoms with van der Waals surface area (Å²) in [4.78, 5) is 32.0. The van der Waals surface area contributed by atoms with Crippen LogP contribution >= 0.6 is 11.8 Å². The highest BCUT2D eigenvalue weighted by Crippen LogP contribution is 2.42. The first-order valence-corrected chi connectivity index (χ1v) is 13.6. The van der Waals surface area contributed by atoms with E-state index in [1.54, 1.807) is 12.1 Å². The second-order valence-electron chi connectivity index (χ2n) is 8.31. The number of nitrogens with zero attached hydrogens (tertiary/aromatic N) is 4. The van der Waals surface area contributed by atoms with E-state index in [1.807, 2.05) is 34.1 Å². The summed E-state index contributed by atoms with van der Waals surface area (Å²) in [5.41, 5.74) is 2.50. The van der Waals surface area contributed by atoms with E-state index in [4.69, 9.17) is 0 Å². The minimum Gasteiger partial charge on any atom is -0.368 e. The highest BCUT2D eigenvalue weighted by molar-refractivity contribution is 8.15. The topological polar surface area (TPSA) is 102 Å². The molecule has 0 radical (unpaired) electrons. The Kier molecular flexibility index (Phi) is 6.22. The molecular weight excluding hydrogens is 474 g/mol. The zero-order valence-corrected chi connectivity index (χ0v) is 20.1. The second kappa shape index (κ2) is 9.30. The van der Waals surface area contributed by atoms with Crippen LogP contribution in [0.4, 0.5) is 11.4 Å². The van der Waals surface area contributed by atoms with Crippen molar-refractivity contribution >= 4 is 50.1 Å². The smallest absolute Gasteiger partial charge is 0.257 e. The van der Waals surface area contributed by atoms with E-state index >= 15 is 0 Å². The molecule has 3 aliphatic heterocycles. The van der Waals surface area contributed by atoms with Crippen LogP contribution in [0.25, 0.3) is 0 Å². The number of para-hydroxylation sites is 1. The molecule has 1 saturated heterocycles. The standard InChI is InChI=1S/C23H25N5O4S2/c29-21(27-12-10-26(11-13-27)18-4-2-1-3-5-18)8-9-24-22(30)17-6-7-19-20(16-17)33-23-25-34(31,32)15-14-28(19)23/h1-7,16H,8-15H2,(H,24,30). The monoisotopic (exact) mass is 499 g/mol. The van der Waals surface area contributed by atoms with Crippen molar-refractivity contribution < 1.29 is 18.0 Å². The number of rotatable bonds is 5. The van der Waals surface area contributed by atoms with E-state index in [1.165, 1.54) is 17.4 Å². The number of sulfonamides is 1. The molecule has 11 heteroatoms. The molecule has 1 fully saturated rings. The van der Waals surface area contributed by atoms with Gasteiger partial charge in [-0.1, -0.05) is 18.2 Å². The largest absolute Gasteiger partial charge is 0.368 e. The van der Waals surface area contributed by atoms with Crippen LogP contribution in [0.1, 0.15) is 16.8 Å². The molecular formula is C23H25N5O4S2. The van der Waals surface area contributed by atoms with Gasteiger partial charge in [-0.15, -0.1) is 4.40 Å². The fourth-order valence-electron chi connectivity index (χ4n) is 4.27. The molecule has 178 valence electrons. The van der Waals surface area contributed by atoms with Crippen LogP contribution in [-0.2, 0) is 14.8 Å². The van der Waals surface area contributed by atoms with Crippen LogP contribution in [0.2, 0.25) is 0 Å². The number of anilines is 2. The third-order valence-corrected chi connectivity index (χ3v) is 8.42. The molecule has 2 amide bonds. The molecule has 2 aromatic carbocycles. The molecule has 0 unspecified atom stereocenters. The zero-order valence-electron chi connectivity index (χ0n) is 18.5. The van der Waals surface area contributed by atoms with Gasteiger partial charge in [0.2, 0.25) is 5.91 Å². The summed E-state index contributed by atoms with van der Waals surface area (Å²) in [6.07, 6.45) is 0.249. The molecule has 0 atom stereocenters. The Morgan fingerprint density at radius 1 is 1.00 bits per heavy atom. The molecule has 34 heavy (non-hydrogen) atoms. The Bertz CT molecular complexity index is 1240. The summed E-state index contributed by atoms with van der Waals surface area (Å²) in [6.45, 7) is 3.53. The lowest BCUT2D eigenvalue weighted by molar-refractivity contribution is -0.131. The lowest BCUT2D eigenvalue weighted by Crippen LogP contribution is -2.49. The molecule has 0 saturated carbocycles. The van der Waals surface area contributed by atoms with Gasteiger partial charge >= 0.3 is 0 Å². The maximum Gasteiger partial charge on any atom is 0.257 e. The number of nitrogens with one attached hydrogen (secondary N) is 1. The van der Waals surface area contributed by atoms with E-state index in [0.29, 0.717) is 30.4 Å². The number of fused-ring (bicyclic) bond motifs is 3. The van der Waals surface area contributed by atoms with Gasteiger partial charge in [0.05, 0.1) is 11.4 Å². The van der Waals surface area contributed by atoms with Crippen LogP contribution in [-0.4, -0.2) is 75.3 Å². The van der Waals surface area contributed by atoms with Crippen molar-refractivity contribution in [2.75, 3.05) is 54.8 Å². The number of piperazine rings is 1. The van der Waals surface area contributed by atoms with Gasteiger partial charge in [-0.2, -0.15) is 0 Å². The number of thioether (sulfide) groups is 1. The Hall–Kier alpha value is -3.05. The fourth-order valence-corrected chi connectivity index (χ4v) is 6.56. The van der Waals surface area contributed by atoms with Crippen molar-refractivity contribution in [1.29, 1.82) is 0 Å². The SMILES string of the molecule is O=C(NCCC(=O)N1CCN(c2ccccc2)CC1)c1ccc2c(c1)SC1=NS(=O)(=O)CCN12. The van der Waals surface area contributed by atoms with Gasteiger partial charge in [0.15, 0.2) is 5.17 Å². The summed E-state index contributed by atoms with van der Waals surface area (Å²) in [5.74, 6) is -0.244. The highest BCUT2D eigenvalue weighted by Gasteiger charge is 2.33. The molecule has 1 N–H and O–H groups in total. The van der Waals surface area contributed by atoms with Crippen molar-refractivity contribution in [2.24, 2.45) is 4.40 Å². The van der Waals surface area contributed by atoms with Gasteiger partial charge in [0, 0.05) is 61.8 Å². The first-order valence-electron chi connectivity index (χ1n) is 11.2. The third-order valence-electron chi connectivity index (χ3n) is 6.11. The van der Waals surface area contributed by atoms with E-state index < -0.39 is 10.0 Å². The van der Waals surface area contributed by atoms with E-state index in [9.17, 15) is 18.0 Å².